The van der Waals surface area contributed by atoms with E-state index in [1.54, 1.807) is 10.9 Å². The molecule has 25 heavy (non-hydrogen) atoms. The van der Waals surface area contributed by atoms with E-state index in [0.29, 0.717) is 12.0 Å². The number of carbonyl (C=O) groups excluding carboxylic acids is 2. The summed E-state index contributed by atoms with van der Waals surface area (Å²) < 4.78 is 3.73. The Kier molecular flexibility index (Phi) is 4.65. The van der Waals surface area contributed by atoms with Gasteiger partial charge in [0.2, 0.25) is 5.91 Å². The van der Waals surface area contributed by atoms with E-state index < -0.39 is 0 Å². The number of hydrogen-bond acceptors (Lipinski definition) is 3. The SMILES string of the molecule is Cc1ccc(C)n1-c1c(C(=O)N[C@@H]2CCC[C@H](C(N)=O)C2)cnn1C. The Morgan fingerprint density at radius 3 is 2.56 bits per heavy atom. The molecule has 0 unspecified atom stereocenters. The zero-order chi connectivity index (χ0) is 18.1. The fourth-order valence-electron chi connectivity index (χ4n) is 3.70. The first kappa shape index (κ1) is 17.3. The topological polar surface area (TPSA) is 94.9 Å². The highest BCUT2D eigenvalue weighted by Gasteiger charge is 2.28. The lowest BCUT2D eigenvalue weighted by Gasteiger charge is -2.28. The Hall–Kier alpha value is -2.57. The fourth-order valence-corrected chi connectivity index (χ4v) is 3.70. The van der Waals surface area contributed by atoms with Crippen molar-refractivity contribution in [2.75, 3.05) is 0 Å². The molecule has 7 heteroatoms. The Bertz CT molecular complexity index is 785. The van der Waals surface area contributed by atoms with Crippen LogP contribution >= 0.6 is 0 Å². The molecule has 2 aromatic rings. The molecular weight excluding hydrogens is 318 g/mol. The zero-order valence-corrected chi connectivity index (χ0v) is 15.0. The van der Waals surface area contributed by atoms with E-state index in [1.807, 2.05) is 37.6 Å². The molecule has 2 aromatic heterocycles. The Balaban J connectivity index is 1.83. The minimum Gasteiger partial charge on any atom is -0.369 e. The summed E-state index contributed by atoms with van der Waals surface area (Å²) in [4.78, 5) is 24.3. The lowest BCUT2D eigenvalue weighted by atomic mass is 9.85. The normalized spacial score (nSPS) is 20.4. The molecule has 3 rings (SSSR count). The number of nitrogens with one attached hydrogen (secondary N) is 1. The van der Waals surface area contributed by atoms with Gasteiger partial charge >= 0.3 is 0 Å². The summed E-state index contributed by atoms with van der Waals surface area (Å²) in [6.45, 7) is 4.00. The van der Waals surface area contributed by atoms with Crippen LogP contribution in [-0.4, -0.2) is 32.2 Å². The molecule has 0 aromatic carbocycles. The number of aromatic nitrogens is 3. The molecule has 1 fully saturated rings. The van der Waals surface area contributed by atoms with Crippen LogP contribution in [0.2, 0.25) is 0 Å². The first-order valence-corrected chi connectivity index (χ1v) is 8.66. The van der Waals surface area contributed by atoms with E-state index in [1.165, 1.54) is 0 Å². The van der Waals surface area contributed by atoms with Crippen molar-refractivity contribution in [3.8, 4) is 5.82 Å². The van der Waals surface area contributed by atoms with Gasteiger partial charge in [0.05, 0.1) is 6.20 Å². The molecule has 7 nitrogen and oxygen atoms in total. The summed E-state index contributed by atoms with van der Waals surface area (Å²) >= 11 is 0. The van der Waals surface area contributed by atoms with Crippen molar-refractivity contribution >= 4 is 11.8 Å². The number of carbonyl (C=O) groups is 2. The number of rotatable bonds is 4. The molecule has 3 N–H and O–H groups in total. The lowest BCUT2D eigenvalue weighted by molar-refractivity contribution is -0.122. The van der Waals surface area contributed by atoms with E-state index >= 15 is 0 Å². The third kappa shape index (κ3) is 3.31. The molecule has 0 saturated heterocycles. The Morgan fingerprint density at radius 1 is 1.24 bits per heavy atom. The third-order valence-corrected chi connectivity index (χ3v) is 5.05. The predicted molar refractivity (Wildman–Crippen MR) is 94.4 cm³/mol. The summed E-state index contributed by atoms with van der Waals surface area (Å²) in [5.74, 6) is 0.159. The van der Waals surface area contributed by atoms with Gasteiger partial charge in [-0.15, -0.1) is 0 Å². The monoisotopic (exact) mass is 343 g/mol. The van der Waals surface area contributed by atoms with Crippen LogP contribution in [0.3, 0.4) is 0 Å². The molecule has 2 heterocycles. The van der Waals surface area contributed by atoms with Gasteiger partial charge in [-0.3, -0.25) is 14.3 Å². The van der Waals surface area contributed by atoms with Gasteiger partial charge in [0.1, 0.15) is 11.4 Å². The van der Waals surface area contributed by atoms with E-state index in [0.717, 1.165) is 36.5 Å². The fraction of sp³-hybridized carbons (Fsp3) is 0.500. The van der Waals surface area contributed by atoms with Crippen LogP contribution in [-0.2, 0) is 11.8 Å². The van der Waals surface area contributed by atoms with Gasteiger partial charge in [-0.25, -0.2) is 0 Å². The molecular formula is C18H25N5O2. The molecule has 2 atom stereocenters. The second-order valence-electron chi connectivity index (χ2n) is 6.89. The van der Waals surface area contributed by atoms with Crippen LogP contribution in [0.15, 0.2) is 18.3 Å². The van der Waals surface area contributed by atoms with E-state index in [9.17, 15) is 9.59 Å². The summed E-state index contributed by atoms with van der Waals surface area (Å²) in [6, 6.07) is 4.00. The van der Waals surface area contributed by atoms with Crippen LogP contribution in [0.5, 0.6) is 0 Å². The highest BCUT2D eigenvalue weighted by atomic mass is 16.2. The third-order valence-electron chi connectivity index (χ3n) is 5.05. The first-order valence-electron chi connectivity index (χ1n) is 8.66. The van der Waals surface area contributed by atoms with Crippen LogP contribution in [0.25, 0.3) is 5.82 Å². The highest BCUT2D eigenvalue weighted by molar-refractivity contribution is 5.97. The molecule has 134 valence electrons. The maximum absolute atomic E-state index is 12.8. The van der Waals surface area contributed by atoms with Gasteiger partial charge in [0.15, 0.2) is 0 Å². The van der Waals surface area contributed by atoms with E-state index in [-0.39, 0.29) is 23.8 Å². The average molecular weight is 343 g/mol. The van der Waals surface area contributed by atoms with Gasteiger partial charge in [0, 0.05) is 30.4 Å². The summed E-state index contributed by atoms with van der Waals surface area (Å²) in [7, 11) is 1.83. The van der Waals surface area contributed by atoms with Gasteiger partial charge in [-0.05, 0) is 45.2 Å². The molecule has 0 spiro atoms. The number of amides is 2. The van der Waals surface area contributed by atoms with Crippen LogP contribution in [0, 0.1) is 19.8 Å². The van der Waals surface area contributed by atoms with E-state index in [4.69, 9.17) is 5.73 Å². The zero-order valence-electron chi connectivity index (χ0n) is 15.0. The summed E-state index contributed by atoms with van der Waals surface area (Å²) in [5.41, 5.74) is 8.05. The number of nitrogens with zero attached hydrogens (tertiary/aromatic N) is 3. The summed E-state index contributed by atoms with van der Waals surface area (Å²) in [5, 5.41) is 7.33. The Labute approximate surface area is 147 Å². The van der Waals surface area contributed by atoms with Crippen LogP contribution in [0.4, 0.5) is 0 Å². The molecule has 1 aliphatic rings. The van der Waals surface area contributed by atoms with Crippen molar-refractivity contribution in [3.05, 3.63) is 35.3 Å². The molecule has 0 bridgehead atoms. The molecule has 0 aliphatic heterocycles. The van der Waals surface area contributed by atoms with Crippen LogP contribution < -0.4 is 11.1 Å². The minimum atomic E-state index is -0.278. The van der Waals surface area contributed by atoms with Crippen molar-refractivity contribution in [1.29, 1.82) is 0 Å². The smallest absolute Gasteiger partial charge is 0.256 e. The van der Waals surface area contributed by atoms with Gasteiger partial charge < -0.3 is 15.6 Å². The van der Waals surface area contributed by atoms with Crippen LogP contribution in [0.1, 0.15) is 47.4 Å². The largest absolute Gasteiger partial charge is 0.369 e. The average Bonchev–Trinajstić information content (AvgIpc) is 3.10. The number of aryl methyl sites for hydroxylation is 3. The van der Waals surface area contributed by atoms with Gasteiger partial charge in [-0.1, -0.05) is 6.42 Å². The van der Waals surface area contributed by atoms with Crippen molar-refractivity contribution < 1.29 is 9.59 Å². The number of primary amides is 1. The second-order valence-corrected chi connectivity index (χ2v) is 6.89. The second kappa shape index (κ2) is 6.74. The standard InChI is InChI=1S/C18H25N5O2/c1-11-7-8-12(2)23(11)18-15(10-20-22(18)3)17(25)21-14-6-4-5-13(9-14)16(19)24/h7-8,10,13-14H,4-6,9H2,1-3H3,(H2,19,24)(H,21,25)/t13-,14+/m0/s1. The minimum absolute atomic E-state index is 0.0290. The molecule has 1 saturated carbocycles. The maximum atomic E-state index is 12.8. The Morgan fingerprint density at radius 2 is 1.92 bits per heavy atom. The van der Waals surface area contributed by atoms with Gasteiger partial charge in [0.25, 0.3) is 5.91 Å². The quantitative estimate of drug-likeness (QED) is 0.883. The number of nitrogens with two attached hydrogens (primary N) is 1. The number of hydrogen-bond donors (Lipinski definition) is 2. The first-order chi connectivity index (χ1) is 11.9. The summed E-state index contributed by atoms with van der Waals surface area (Å²) in [6.07, 6.45) is 4.78. The highest BCUT2D eigenvalue weighted by Crippen LogP contribution is 2.25. The molecule has 2 amide bonds. The van der Waals surface area contributed by atoms with E-state index in [2.05, 4.69) is 10.4 Å². The predicted octanol–water partition coefficient (Wildman–Crippen LogP) is 1.60. The van der Waals surface area contributed by atoms with Crippen molar-refractivity contribution in [2.24, 2.45) is 18.7 Å². The van der Waals surface area contributed by atoms with Crippen molar-refractivity contribution in [1.82, 2.24) is 19.7 Å². The van der Waals surface area contributed by atoms with Crippen molar-refractivity contribution in [3.63, 3.8) is 0 Å². The maximum Gasteiger partial charge on any atom is 0.256 e. The van der Waals surface area contributed by atoms with Crippen molar-refractivity contribution in [2.45, 2.75) is 45.6 Å². The van der Waals surface area contributed by atoms with Gasteiger partial charge in [-0.2, -0.15) is 5.10 Å². The lowest BCUT2D eigenvalue weighted by Crippen LogP contribution is -2.41. The molecule has 1 aliphatic carbocycles. The molecule has 0 radical (unpaired) electrons.